The molecule has 1 aromatic carbocycles. The lowest BCUT2D eigenvalue weighted by atomic mass is 10.2. The summed E-state index contributed by atoms with van der Waals surface area (Å²) in [6.07, 6.45) is 1.92. The molecular weight excluding hydrogens is 324 g/mol. The molecule has 3 nitrogen and oxygen atoms in total. The number of hydrogen-bond acceptors (Lipinski definition) is 3. The highest BCUT2D eigenvalue weighted by atomic mass is 79.9. The third kappa shape index (κ3) is 3.28. The first-order valence-electron chi connectivity index (χ1n) is 6.17. The predicted octanol–water partition coefficient (Wildman–Crippen LogP) is 3.76. The van der Waals surface area contributed by atoms with Crippen LogP contribution in [0, 0.1) is 0 Å². The summed E-state index contributed by atoms with van der Waals surface area (Å²) in [5.41, 5.74) is 1.02. The third-order valence-electron chi connectivity index (χ3n) is 2.67. The molecule has 19 heavy (non-hydrogen) atoms. The Labute approximate surface area is 125 Å². The molecule has 1 fully saturated rings. The van der Waals surface area contributed by atoms with Crippen molar-refractivity contribution in [3.8, 4) is 0 Å². The highest BCUT2D eigenvalue weighted by molar-refractivity contribution is 9.10. The van der Waals surface area contributed by atoms with Crippen LogP contribution in [0.5, 0.6) is 0 Å². The smallest absolute Gasteiger partial charge is 0.266 e. The van der Waals surface area contributed by atoms with E-state index in [1.54, 1.807) is 4.90 Å². The van der Waals surface area contributed by atoms with Crippen LogP contribution in [0.15, 0.2) is 38.6 Å². The zero-order valence-corrected chi connectivity index (χ0v) is 13.3. The molecule has 0 aliphatic carbocycles. The second-order valence-electron chi connectivity index (χ2n) is 3.97. The summed E-state index contributed by atoms with van der Waals surface area (Å²) in [5, 5.41) is 0.804. The Hall–Kier alpha value is -1.07. The Morgan fingerprint density at radius 2 is 2.00 bits per heavy atom. The zero-order chi connectivity index (χ0) is 13.8. The van der Waals surface area contributed by atoms with Crippen LogP contribution in [0.3, 0.4) is 0 Å². The molecule has 0 bridgehead atoms. The molecule has 0 unspecified atom stereocenters. The van der Waals surface area contributed by atoms with Crippen LogP contribution in [-0.4, -0.2) is 29.1 Å². The number of aliphatic imine (C=N–C) groups is 1. The van der Waals surface area contributed by atoms with E-state index in [1.807, 2.05) is 44.2 Å². The van der Waals surface area contributed by atoms with Crippen molar-refractivity contribution in [3.05, 3.63) is 39.2 Å². The van der Waals surface area contributed by atoms with Crippen molar-refractivity contribution in [2.45, 2.75) is 13.8 Å². The normalized spacial score (nSPS) is 19.7. The van der Waals surface area contributed by atoms with E-state index >= 15 is 0 Å². The quantitative estimate of drug-likeness (QED) is 0.786. The molecule has 1 aromatic rings. The number of nitrogens with zero attached hydrogens (tertiary/aromatic N) is 2. The fourth-order valence-corrected chi connectivity index (χ4v) is 3.12. The van der Waals surface area contributed by atoms with Gasteiger partial charge in [-0.2, -0.15) is 0 Å². The van der Waals surface area contributed by atoms with Gasteiger partial charge in [-0.1, -0.05) is 28.1 Å². The van der Waals surface area contributed by atoms with Crippen LogP contribution in [0.4, 0.5) is 0 Å². The van der Waals surface area contributed by atoms with Gasteiger partial charge in [0.05, 0.1) is 4.91 Å². The number of halogens is 1. The van der Waals surface area contributed by atoms with Crippen LogP contribution in [0.25, 0.3) is 6.08 Å². The highest BCUT2D eigenvalue weighted by Gasteiger charge is 2.31. The van der Waals surface area contributed by atoms with Gasteiger partial charge in [-0.3, -0.25) is 14.7 Å². The molecule has 1 amide bonds. The molecule has 1 aliphatic heterocycles. The molecule has 1 saturated heterocycles. The minimum Gasteiger partial charge on any atom is -0.287 e. The van der Waals surface area contributed by atoms with E-state index in [0.717, 1.165) is 20.1 Å². The van der Waals surface area contributed by atoms with Gasteiger partial charge in [-0.25, -0.2) is 0 Å². The van der Waals surface area contributed by atoms with Crippen molar-refractivity contribution in [2.24, 2.45) is 4.99 Å². The van der Waals surface area contributed by atoms with Crippen molar-refractivity contribution in [1.82, 2.24) is 4.90 Å². The van der Waals surface area contributed by atoms with E-state index in [-0.39, 0.29) is 5.91 Å². The SMILES string of the molecule is CCN=C1S/C(=C/c2ccc(Br)cc2)C(=O)N1CC. The summed E-state index contributed by atoms with van der Waals surface area (Å²) < 4.78 is 1.03. The molecule has 0 radical (unpaired) electrons. The maximum Gasteiger partial charge on any atom is 0.266 e. The number of amidine groups is 1. The second-order valence-corrected chi connectivity index (χ2v) is 5.89. The maximum absolute atomic E-state index is 12.2. The fourth-order valence-electron chi connectivity index (χ4n) is 1.75. The zero-order valence-electron chi connectivity index (χ0n) is 10.9. The first-order chi connectivity index (χ1) is 9.15. The summed E-state index contributed by atoms with van der Waals surface area (Å²) in [6.45, 7) is 5.29. The second kappa shape index (κ2) is 6.39. The molecule has 0 N–H and O–H groups in total. The van der Waals surface area contributed by atoms with Gasteiger partial charge in [0.2, 0.25) is 0 Å². The van der Waals surface area contributed by atoms with Gasteiger partial charge in [-0.05, 0) is 49.4 Å². The Bertz CT molecular complexity index is 537. The van der Waals surface area contributed by atoms with Gasteiger partial charge in [0.1, 0.15) is 0 Å². The van der Waals surface area contributed by atoms with Gasteiger partial charge in [0, 0.05) is 17.6 Å². The van der Waals surface area contributed by atoms with E-state index in [2.05, 4.69) is 20.9 Å². The van der Waals surface area contributed by atoms with Crippen LogP contribution >= 0.6 is 27.7 Å². The standard InChI is InChI=1S/C14H15BrN2OS/c1-3-16-14-17(4-2)13(18)12(19-14)9-10-5-7-11(15)8-6-10/h5-9H,3-4H2,1-2H3/b12-9+,16-14?. The summed E-state index contributed by atoms with van der Waals surface area (Å²) in [6, 6.07) is 7.90. The molecule has 100 valence electrons. The Kier molecular flexibility index (Phi) is 4.82. The highest BCUT2D eigenvalue weighted by Crippen LogP contribution is 2.32. The summed E-state index contributed by atoms with van der Waals surface area (Å²) >= 11 is 4.85. The van der Waals surface area contributed by atoms with Crippen molar-refractivity contribution in [2.75, 3.05) is 13.1 Å². The first kappa shape index (κ1) is 14.3. The van der Waals surface area contributed by atoms with Crippen LogP contribution < -0.4 is 0 Å². The van der Waals surface area contributed by atoms with Crippen LogP contribution in [0.1, 0.15) is 19.4 Å². The van der Waals surface area contributed by atoms with Gasteiger partial charge >= 0.3 is 0 Å². The van der Waals surface area contributed by atoms with E-state index < -0.39 is 0 Å². The fraction of sp³-hybridized carbons (Fsp3) is 0.286. The number of carbonyl (C=O) groups excluding carboxylic acids is 1. The maximum atomic E-state index is 12.2. The summed E-state index contributed by atoms with van der Waals surface area (Å²) in [4.78, 5) is 19.1. The minimum atomic E-state index is 0.0441. The van der Waals surface area contributed by atoms with Crippen LogP contribution in [0.2, 0.25) is 0 Å². The van der Waals surface area contributed by atoms with E-state index in [9.17, 15) is 4.79 Å². The Morgan fingerprint density at radius 1 is 1.32 bits per heavy atom. The number of benzene rings is 1. The predicted molar refractivity (Wildman–Crippen MR) is 85.1 cm³/mol. The van der Waals surface area contributed by atoms with Gasteiger partial charge < -0.3 is 0 Å². The van der Waals surface area contributed by atoms with Crippen molar-refractivity contribution >= 4 is 44.8 Å². The van der Waals surface area contributed by atoms with Gasteiger partial charge in [0.25, 0.3) is 5.91 Å². The Balaban J connectivity index is 2.28. The van der Waals surface area contributed by atoms with Crippen molar-refractivity contribution < 1.29 is 4.79 Å². The molecule has 0 spiro atoms. The molecule has 5 heteroatoms. The first-order valence-corrected chi connectivity index (χ1v) is 7.78. The molecule has 1 heterocycles. The summed E-state index contributed by atoms with van der Waals surface area (Å²) in [5.74, 6) is 0.0441. The largest absolute Gasteiger partial charge is 0.287 e. The van der Waals surface area contributed by atoms with Crippen molar-refractivity contribution in [3.63, 3.8) is 0 Å². The van der Waals surface area contributed by atoms with Crippen molar-refractivity contribution in [1.29, 1.82) is 0 Å². The van der Waals surface area contributed by atoms with Gasteiger partial charge in [0.15, 0.2) is 5.17 Å². The monoisotopic (exact) mass is 338 g/mol. The van der Waals surface area contributed by atoms with Crippen LogP contribution in [-0.2, 0) is 4.79 Å². The topological polar surface area (TPSA) is 32.7 Å². The lowest BCUT2D eigenvalue weighted by Crippen LogP contribution is -2.28. The lowest BCUT2D eigenvalue weighted by molar-refractivity contribution is -0.122. The summed E-state index contributed by atoms with van der Waals surface area (Å²) in [7, 11) is 0. The van der Waals surface area contributed by atoms with E-state index in [4.69, 9.17) is 0 Å². The van der Waals surface area contributed by atoms with E-state index in [0.29, 0.717) is 13.1 Å². The average Bonchev–Trinajstić information content (AvgIpc) is 2.69. The number of thioether (sulfide) groups is 1. The molecule has 0 saturated carbocycles. The molecule has 0 aromatic heterocycles. The minimum absolute atomic E-state index is 0.0441. The molecule has 2 rings (SSSR count). The number of amides is 1. The number of carbonyl (C=O) groups is 1. The Morgan fingerprint density at radius 3 is 2.58 bits per heavy atom. The average molecular weight is 339 g/mol. The van der Waals surface area contributed by atoms with E-state index in [1.165, 1.54) is 11.8 Å². The molecular formula is C14H15BrN2OS. The molecule has 1 aliphatic rings. The lowest BCUT2D eigenvalue weighted by Gasteiger charge is -2.11. The number of rotatable bonds is 3. The van der Waals surface area contributed by atoms with Gasteiger partial charge in [-0.15, -0.1) is 0 Å². The number of hydrogen-bond donors (Lipinski definition) is 0. The molecule has 0 atom stereocenters. The number of likely N-dealkylation sites (N-methyl/N-ethyl adjacent to an activating group) is 1. The third-order valence-corrected chi connectivity index (χ3v) is 4.24.